The predicted octanol–water partition coefficient (Wildman–Crippen LogP) is 3.17. The highest BCUT2D eigenvalue weighted by atomic mass is 127. The van der Waals surface area contributed by atoms with Crippen LogP contribution in [0.15, 0.2) is 24.3 Å². The van der Waals surface area contributed by atoms with Crippen LogP contribution in [0.2, 0.25) is 0 Å². The lowest BCUT2D eigenvalue weighted by Crippen LogP contribution is -2.28. The van der Waals surface area contributed by atoms with Gasteiger partial charge in [-0.15, -0.1) is 0 Å². The van der Waals surface area contributed by atoms with Crippen LogP contribution >= 0.6 is 22.6 Å². The van der Waals surface area contributed by atoms with Crippen molar-refractivity contribution in [2.45, 2.75) is 38.4 Å². The van der Waals surface area contributed by atoms with Gasteiger partial charge in [-0.2, -0.15) is 0 Å². The van der Waals surface area contributed by atoms with E-state index in [9.17, 15) is 0 Å². The van der Waals surface area contributed by atoms with Crippen LogP contribution in [-0.2, 0) is 20.8 Å². The fraction of sp³-hybridized carbons (Fsp3) is 0.600. The molecule has 0 aromatic heterocycles. The van der Waals surface area contributed by atoms with E-state index in [1.807, 2.05) is 38.1 Å². The highest BCUT2D eigenvalue weighted by molar-refractivity contribution is 14.1. The van der Waals surface area contributed by atoms with Gasteiger partial charge in [0.15, 0.2) is 5.79 Å². The van der Waals surface area contributed by atoms with E-state index in [1.54, 1.807) is 7.11 Å². The van der Waals surface area contributed by atoms with Crippen LogP contribution < -0.4 is 4.74 Å². The molecule has 0 radical (unpaired) electrons. The summed E-state index contributed by atoms with van der Waals surface area (Å²) in [4.78, 5) is 0. The summed E-state index contributed by atoms with van der Waals surface area (Å²) in [6.45, 7) is 4.99. The largest absolute Gasteiger partial charge is 0.497 e. The molecule has 20 heavy (non-hydrogen) atoms. The maximum absolute atomic E-state index is 5.85. The van der Waals surface area contributed by atoms with Gasteiger partial charge in [0.2, 0.25) is 0 Å². The molecule has 1 aromatic carbocycles. The van der Waals surface area contributed by atoms with Crippen molar-refractivity contribution in [1.82, 2.24) is 0 Å². The quantitative estimate of drug-likeness (QED) is 0.551. The molecule has 0 N–H and O–H groups in total. The molecule has 1 heterocycles. The van der Waals surface area contributed by atoms with E-state index in [0.717, 1.165) is 15.7 Å². The van der Waals surface area contributed by atoms with Gasteiger partial charge in [0.25, 0.3) is 0 Å². The molecule has 1 aromatic rings. The van der Waals surface area contributed by atoms with Gasteiger partial charge in [0.1, 0.15) is 11.9 Å². The number of halogens is 1. The first-order chi connectivity index (χ1) is 9.54. The molecule has 112 valence electrons. The molecule has 0 bridgehead atoms. The highest BCUT2D eigenvalue weighted by Crippen LogP contribution is 2.29. The van der Waals surface area contributed by atoms with Crippen molar-refractivity contribution in [3.63, 3.8) is 0 Å². The minimum Gasteiger partial charge on any atom is -0.497 e. The monoisotopic (exact) mass is 392 g/mol. The first kappa shape index (κ1) is 16.0. The average molecular weight is 392 g/mol. The second-order valence-corrected chi connectivity index (χ2v) is 6.11. The minimum absolute atomic E-state index is 0.000137. The van der Waals surface area contributed by atoms with Gasteiger partial charge in [-0.05, 0) is 31.5 Å². The molecule has 1 aliphatic heterocycles. The van der Waals surface area contributed by atoms with Crippen molar-refractivity contribution in [3.8, 4) is 5.75 Å². The molecule has 4 nitrogen and oxygen atoms in total. The Balaban J connectivity index is 1.80. The molecule has 0 aliphatic carbocycles. The Hall–Kier alpha value is -0.370. The molecular weight excluding hydrogens is 371 g/mol. The fourth-order valence-corrected chi connectivity index (χ4v) is 2.94. The third kappa shape index (κ3) is 4.31. The Morgan fingerprint density at radius 1 is 1.15 bits per heavy atom. The first-order valence-corrected chi connectivity index (χ1v) is 8.19. The fourth-order valence-electron chi connectivity index (χ4n) is 2.20. The third-order valence-corrected chi connectivity index (χ3v) is 4.02. The van der Waals surface area contributed by atoms with Gasteiger partial charge >= 0.3 is 0 Å². The number of hydrogen-bond acceptors (Lipinski definition) is 4. The SMILES string of the molecule is COc1ccc(COC[C@H]2OC(C)(C)O[C@@H]2CI)cc1. The predicted molar refractivity (Wildman–Crippen MR) is 85.4 cm³/mol. The highest BCUT2D eigenvalue weighted by Gasteiger charge is 2.40. The average Bonchev–Trinajstić information content (AvgIpc) is 2.74. The number of benzene rings is 1. The summed E-state index contributed by atoms with van der Waals surface area (Å²) in [6, 6.07) is 7.88. The smallest absolute Gasteiger partial charge is 0.163 e. The summed E-state index contributed by atoms with van der Waals surface area (Å²) in [6.07, 6.45) is 0.0987. The van der Waals surface area contributed by atoms with Gasteiger partial charge in [-0.3, -0.25) is 0 Å². The number of rotatable bonds is 6. The summed E-state index contributed by atoms with van der Waals surface area (Å²) in [5.74, 6) is 0.345. The normalized spacial score (nSPS) is 24.8. The molecule has 2 rings (SSSR count). The van der Waals surface area contributed by atoms with E-state index in [2.05, 4.69) is 22.6 Å². The van der Waals surface area contributed by atoms with Gasteiger partial charge in [0, 0.05) is 4.43 Å². The molecular formula is C15H21IO4. The first-order valence-electron chi connectivity index (χ1n) is 6.66. The second kappa shape index (κ2) is 7.06. The van der Waals surface area contributed by atoms with Gasteiger partial charge in [-0.25, -0.2) is 0 Å². The minimum atomic E-state index is -0.510. The Morgan fingerprint density at radius 3 is 2.40 bits per heavy atom. The lowest BCUT2D eigenvalue weighted by molar-refractivity contribution is -0.149. The van der Waals surface area contributed by atoms with Crippen molar-refractivity contribution < 1.29 is 18.9 Å². The molecule has 0 saturated carbocycles. The number of alkyl halides is 1. The Kier molecular flexibility index (Phi) is 5.65. The molecule has 2 atom stereocenters. The van der Waals surface area contributed by atoms with E-state index in [4.69, 9.17) is 18.9 Å². The Morgan fingerprint density at radius 2 is 1.80 bits per heavy atom. The van der Waals surface area contributed by atoms with Crippen LogP contribution in [0.5, 0.6) is 5.75 Å². The van der Waals surface area contributed by atoms with Crippen molar-refractivity contribution in [3.05, 3.63) is 29.8 Å². The lowest BCUT2D eigenvalue weighted by atomic mass is 10.2. The van der Waals surface area contributed by atoms with Crippen LogP contribution in [0.25, 0.3) is 0 Å². The van der Waals surface area contributed by atoms with Crippen LogP contribution in [0, 0.1) is 0 Å². The molecule has 5 heteroatoms. The van der Waals surface area contributed by atoms with Crippen molar-refractivity contribution in [2.75, 3.05) is 18.1 Å². The number of methoxy groups -OCH3 is 1. The summed E-state index contributed by atoms with van der Waals surface area (Å²) in [5, 5.41) is 0. The summed E-state index contributed by atoms with van der Waals surface area (Å²) < 4.78 is 23.5. The molecule has 0 spiro atoms. The van der Waals surface area contributed by atoms with Crippen molar-refractivity contribution in [1.29, 1.82) is 0 Å². The zero-order valence-corrected chi connectivity index (χ0v) is 14.3. The van der Waals surface area contributed by atoms with Crippen molar-refractivity contribution in [2.24, 2.45) is 0 Å². The van der Waals surface area contributed by atoms with Crippen LogP contribution in [0.1, 0.15) is 19.4 Å². The van der Waals surface area contributed by atoms with Gasteiger partial charge < -0.3 is 18.9 Å². The van der Waals surface area contributed by atoms with Crippen LogP contribution in [0.3, 0.4) is 0 Å². The van der Waals surface area contributed by atoms with E-state index in [-0.39, 0.29) is 12.2 Å². The van der Waals surface area contributed by atoms with E-state index >= 15 is 0 Å². The Bertz CT molecular complexity index is 418. The molecule has 1 aliphatic rings. The second-order valence-electron chi connectivity index (χ2n) is 5.23. The van der Waals surface area contributed by atoms with Crippen molar-refractivity contribution >= 4 is 22.6 Å². The molecule has 0 amide bonds. The molecule has 0 unspecified atom stereocenters. The van der Waals surface area contributed by atoms with Crippen LogP contribution in [-0.4, -0.2) is 36.1 Å². The number of ether oxygens (including phenoxy) is 4. The van der Waals surface area contributed by atoms with E-state index in [1.165, 1.54) is 0 Å². The van der Waals surface area contributed by atoms with E-state index in [0.29, 0.717) is 13.2 Å². The standard InChI is InChI=1S/C15H21IO4/c1-15(2)19-13(8-16)14(20-15)10-18-9-11-4-6-12(17-3)7-5-11/h4-7,13-14H,8-10H2,1-3H3/t13-,14-/m1/s1. The zero-order chi connectivity index (χ0) is 14.6. The molecule has 1 saturated heterocycles. The lowest BCUT2D eigenvalue weighted by Gasteiger charge is -2.17. The topological polar surface area (TPSA) is 36.9 Å². The maximum Gasteiger partial charge on any atom is 0.163 e. The zero-order valence-electron chi connectivity index (χ0n) is 12.1. The maximum atomic E-state index is 5.85. The third-order valence-electron chi connectivity index (χ3n) is 3.15. The van der Waals surface area contributed by atoms with E-state index < -0.39 is 5.79 Å². The molecule has 1 fully saturated rings. The number of hydrogen-bond donors (Lipinski definition) is 0. The van der Waals surface area contributed by atoms with Gasteiger partial charge in [0.05, 0.1) is 26.4 Å². The van der Waals surface area contributed by atoms with Gasteiger partial charge in [-0.1, -0.05) is 34.7 Å². The van der Waals surface area contributed by atoms with Crippen LogP contribution in [0.4, 0.5) is 0 Å². The Labute approximate surface area is 133 Å². The summed E-state index contributed by atoms with van der Waals surface area (Å²) >= 11 is 2.32. The summed E-state index contributed by atoms with van der Waals surface area (Å²) in [5.41, 5.74) is 1.12. The summed E-state index contributed by atoms with van der Waals surface area (Å²) in [7, 11) is 1.66.